The topological polar surface area (TPSA) is 57.2 Å². The van der Waals surface area contributed by atoms with Crippen LogP contribution >= 0.6 is 0 Å². The average molecular weight is 305 g/mol. The summed E-state index contributed by atoms with van der Waals surface area (Å²) in [6.45, 7) is 4.31. The normalized spacial score (nSPS) is 11.4. The van der Waals surface area contributed by atoms with Crippen molar-refractivity contribution in [1.29, 1.82) is 0 Å². The van der Waals surface area contributed by atoms with Gasteiger partial charge >= 0.3 is 0 Å². The second-order valence-corrected chi connectivity index (χ2v) is 5.77. The van der Waals surface area contributed by atoms with Gasteiger partial charge in [0.1, 0.15) is 0 Å². The number of fused-ring (bicyclic) bond motifs is 1. The Kier molecular flexibility index (Phi) is 4.24. The monoisotopic (exact) mass is 305 g/mol. The fourth-order valence-corrected chi connectivity index (χ4v) is 2.45. The summed E-state index contributed by atoms with van der Waals surface area (Å²) in [6, 6.07) is 15.8. The van der Waals surface area contributed by atoms with Gasteiger partial charge in [0.2, 0.25) is 0 Å². The molecule has 3 rings (SSSR count). The number of carbonyl (C=O) groups is 1. The smallest absolute Gasteiger partial charge is 0.273 e. The van der Waals surface area contributed by atoms with Crippen molar-refractivity contribution in [2.24, 2.45) is 5.10 Å². The highest BCUT2D eigenvalue weighted by atomic mass is 16.2. The van der Waals surface area contributed by atoms with Gasteiger partial charge in [-0.05, 0) is 23.1 Å². The van der Waals surface area contributed by atoms with Crippen molar-refractivity contribution in [3.8, 4) is 0 Å². The Hall–Kier alpha value is -2.88. The summed E-state index contributed by atoms with van der Waals surface area (Å²) in [5.41, 5.74) is 6.34. The number of nitrogens with zero attached hydrogens (tertiary/aromatic N) is 1. The van der Waals surface area contributed by atoms with Crippen LogP contribution in [0.15, 0.2) is 59.8 Å². The molecule has 1 amide bonds. The lowest BCUT2D eigenvalue weighted by molar-refractivity contribution is 0.0957. The van der Waals surface area contributed by atoms with E-state index in [1.807, 2.05) is 36.4 Å². The summed E-state index contributed by atoms with van der Waals surface area (Å²) in [4.78, 5) is 15.3. The highest BCUT2D eigenvalue weighted by Crippen LogP contribution is 2.17. The van der Waals surface area contributed by atoms with Crippen LogP contribution in [0.4, 0.5) is 0 Å². The van der Waals surface area contributed by atoms with Crippen molar-refractivity contribution in [3.63, 3.8) is 0 Å². The first kappa shape index (κ1) is 15.0. The molecule has 4 heteroatoms. The Bertz CT molecular complexity index is 844. The van der Waals surface area contributed by atoms with Crippen molar-refractivity contribution in [3.05, 3.63) is 71.4 Å². The predicted octanol–water partition coefficient (Wildman–Crippen LogP) is 4.06. The second kappa shape index (κ2) is 6.48. The minimum absolute atomic E-state index is 0.225. The number of H-pyrrole nitrogens is 1. The molecule has 0 bridgehead atoms. The van der Waals surface area contributed by atoms with Crippen LogP contribution in [0.2, 0.25) is 0 Å². The Morgan fingerprint density at radius 3 is 2.61 bits per heavy atom. The van der Waals surface area contributed by atoms with Crippen LogP contribution in [-0.4, -0.2) is 17.1 Å². The van der Waals surface area contributed by atoms with E-state index < -0.39 is 0 Å². The van der Waals surface area contributed by atoms with E-state index >= 15 is 0 Å². The first-order valence-corrected chi connectivity index (χ1v) is 7.64. The van der Waals surface area contributed by atoms with Crippen LogP contribution in [0.1, 0.15) is 41.3 Å². The van der Waals surface area contributed by atoms with Gasteiger partial charge < -0.3 is 4.98 Å². The van der Waals surface area contributed by atoms with E-state index in [1.54, 1.807) is 12.4 Å². The van der Waals surface area contributed by atoms with E-state index in [-0.39, 0.29) is 5.91 Å². The summed E-state index contributed by atoms with van der Waals surface area (Å²) in [5.74, 6) is 0.278. The van der Waals surface area contributed by atoms with Crippen LogP contribution < -0.4 is 5.43 Å². The molecule has 0 saturated carbocycles. The molecule has 0 saturated heterocycles. The molecule has 0 radical (unpaired) electrons. The molecule has 4 nitrogen and oxygen atoms in total. The molecular formula is C19H19N3O. The highest BCUT2D eigenvalue weighted by molar-refractivity contribution is 6.06. The van der Waals surface area contributed by atoms with Gasteiger partial charge in [-0.1, -0.05) is 56.3 Å². The highest BCUT2D eigenvalue weighted by Gasteiger charge is 2.10. The molecule has 1 aromatic heterocycles. The molecule has 0 aliphatic carbocycles. The number of rotatable bonds is 4. The number of hydrogen-bond donors (Lipinski definition) is 2. The molecule has 0 atom stereocenters. The number of nitrogens with one attached hydrogen (secondary N) is 2. The number of hydrogen-bond acceptors (Lipinski definition) is 2. The summed E-state index contributed by atoms with van der Waals surface area (Å²) in [7, 11) is 0. The maximum atomic E-state index is 12.2. The predicted molar refractivity (Wildman–Crippen MR) is 93.9 cm³/mol. The van der Waals surface area contributed by atoms with Crippen LogP contribution in [0.25, 0.3) is 10.9 Å². The number of carbonyl (C=O) groups excluding carboxylic acids is 1. The number of hydrazone groups is 1. The zero-order valence-electron chi connectivity index (χ0n) is 13.2. The number of benzene rings is 2. The number of para-hydroxylation sites is 1. The van der Waals surface area contributed by atoms with Gasteiger partial charge in [-0.15, -0.1) is 0 Å². The summed E-state index contributed by atoms with van der Waals surface area (Å²) in [5, 5.41) is 4.93. The van der Waals surface area contributed by atoms with Gasteiger partial charge in [-0.2, -0.15) is 5.10 Å². The molecule has 3 aromatic rings. The number of aromatic nitrogens is 1. The molecule has 0 fully saturated rings. The average Bonchev–Trinajstić information content (AvgIpc) is 2.99. The molecule has 2 N–H and O–H groups in total. The van der Waals surface area contributed by atoms with Crippen molar-refractivity contribution in [2.45, 2.75) is 19.8 Å². The summed E-state index contributed by atoms with van der Waals surface area (Å²) < 4.78 is 0. The Morgan fingerprint density at radius 2 is 1.87 bits per heavy atom. The fraction of sp³-hybridized carbons (Fsp3) is 0.158. The maximum absolute atomic E-state index is 12.2. The largest absolute Gasteiger partial charge is 0.360 e. The standard InChI is InChI=1S/C19H19N3O/c1-13(2)15-9-7-14(8-10-15)11-21-22-19(23)17-12-20-18-6-4-3-5-16(17)18/h3-13,20H,1-2H3,(H,22,23). The maximum Gasteiger partial charge on any atom is 0.273 e. The minimum Gasteiger partial charge on any atom is -0.360 e. The van der Waals surface area contributed by atoms with Crippen molar-refractivity contribution in [1.82, 2.24) is 10.4 Å². The van der Waals surface area contributed by atoms with Gasteiger partial charge in [-0.25, -0.2) is 5.43 Å². The minimum atomic E-state index is -0.225. The molecule has 0 spiro atoms. The molecular weight excluding hydrogens is 286 g/mol. The molecule has 0 aliphatic heterocycles. The Balaban J connectivity index is 1.69. The van der Waals surface area contributed by atoms with Crippen molar-refractivity contribution >= 4 is 23.0 Å². The molecule has 23 heavy (non-hydrogen) atoms. The first-order valence-electron chi connectivity index (χ1n) is 7.64. The fourth-order valence-electron chi connectivity index (χ4n) is 2.45. The zero-order valence-corrected chi connectivity index (χ0v) is 13.2. The van der Waals surface area contributed by atoms with Crippen LogP contribution in [0.3, 0.4) is 0 Å². The molecule has 2 aromatic carbocycles. The first-order chi connectivity index (χ1) is 11.1. The van der Waals surface area contributed by atoms with E-state index in [4.69, 9.17) is 0 Å². The van der Waals surface area contributed by atoms with Crippen molar-refractivity contribution < 1.29 is 4.79 Å². The molecule has 0 unspecified atom stereocenters. The molecule has 1 heterocycles. The van der Waals surface area contributed by atoms with Gasteiger partial charge in [-0.3, -0.25) is 4.79 Å². The third-order valence-corrected chi connectivity index (χ3v) is 3.82. The lowest BCUT2D eigenvalue weighted by atomic mass is 10.0. The molecule has 116 valence electrons. The van der Waals surface area contributed by atoms with Crippen LogP contribution in [0.5, 0.6) is 0 Å². The van der Waals surface area contributed by atoms with E-state index in [1.165, 1.54) is 5.56 Å². The van der Waals surface area contributed by atoms with Crippen LogP contribution in [-0.2, 0) is 0 Å². The number of aromatic amines is 1. The van der Waals surface area contributed by atoms with E-state index in [2.05, 4.69) is 41.5 Å². The lowest BCUT2D eigenvalue weighted by Gasteiger charge is -2.04. The van der Waals surface area contributed by atoms with Gasteiger partial charge in [0.05, 0.1) is 11.8 Å². The summed E-state index contributed by atoms with van der Waals surface area (Å²) in [6.07, 6.45) is 3.35. The van der Waals surface area contributed by atoms with Gasteiger partial charge in [0, 0.05) is 17.1 Å². The quantitative estimate of drug-likeness (QED) is 0.554. The lowest BCUT2D eigenvalue weighted by Crippen LogP contribution is -2.17. The third kappa shape index (κ3) is 3.31. The van der Waals surface area contributed by atoms with Gasteiger partial charge in [0.15, 0.2) is 0 Å². The second-order valence-electron chi connectivity index (χ2n) is 5.77. The van der Waals surface area contributed by atoms with E-state index in [9.17, 15) is 4.79 Å². The van der Waals surface area contributed by atoms with E-state index in [0.717, 1.165) is 16.5 Å². The number of amides is 1. The van der Waals surface area contributed by atoms with E-state index in [0.29, 0.717) is 11.5 Å². The molecule has 0 aliphatic rings. The zero-order chi connectivity index (χ0) is 16.2. The summed E-state index contributed by atoms with van der Waals surface area (Å²) >= 11 is 0. The Morgan fingerprint density at radius 1 is 1.13 bits per heavy atom. The van der Waals surface area contributed by atoms with Gasteiger partial charge in [0.25, 0.3) is 5.91 Å². The SMILES string of the molecule is CC(C)c1ccc(C=NNC(=O)c2c[nH]c3ccccc23)cc1. The Labute approximate surface area is 135 Å². The third-order valence-electron chi connectivity index (χ3n) is 3.82. The van der Waals surface area contributed by atoms with Crippen molar-refractivity contribution in [2.75, 3.05) is 0 Å². The van der Waals surface area contributed by atoms with Crippen LogP contribution in [0, 0.1) is 0 Å².